The van der Waals surface area contributed by atoms with Crippen molar-refractivity contribution in [2.45, 2.75) is 6.54 Å². The van der Waals surface area contributed by atoms with Gasteiger partial charge in [-0.1, -0.05) is 0 Å². The summed E-state index contributed by atoms with van der Waals surface area (Å²) in [6, 6.07) is 5.14. The van der Waals surface area contributed by atoms with Gasteiger partial charge in [0.05, 0.1) is 30.0 Å². The van der Waals surface area contributed by atoms with Gasteiger partial charge in [0.2, 0.25) is 5.78 Å². The molecule has 0 saturated carbocycles. The summed E-state index contributed by atoms with van der Waals surface area (Å²) < 4.78 is 29.3. The number of pyridine rings is 3. The van der Waals surface area contributed by atoms with Crippen molar-refractivity contribution in [2.75, 3.05) is 0 Å². The van der Waals surface area contributed by atoms with Gasteiger partial charge in [-0.05, 0) is 18.2 Å². The first-order valence-electron chi connectivity index (χ1n) is 8.87. The molecule has 0 saturated heterocycles. The van der Waals surface area contributed by atoms with Crippen LogP contribution in [-0.4, -0.2) is 35.3 Å². The maximum Gasteiger partial charge on any atom is 0.275 e. The second-order valence-corrected chi connectivity index (χ2v) is 6.61. The van der Waals surface area contributed by atoms with E-state index in [1.54, 1.807) is 18.3 Å². The van der Waals surface area contributed by atoms with Crippen LogP contribution in [0.15, 0.2) is 54.0 Å². The fraction of sp³-hybridized carbons (Fsp3) is 0.0500. The molecule has 5 aromatic rings. The SMILES string of the molecule is O=C(c1c(F)cncc1F)c1c[nH]c2c(=O)n(Cc3nc4ncccc4[nH]3)ccc12. The summed E-state index contributed by atoms with van der Waals surface area (Å²) >= 11 is 0. The summed E-state index contributed by atoms with van der Waals surface area (Å²) in [5.41, 5.74) is 0.295. The fourth-order valence-electron chi connectivity index (χ4n) is 3.37. The van der Waals surface area contributed by atoms with Gasteiger partial charge >= 0.3 is 0 Å². The van der Waals surface area contributed by atoms with Gasteiger partial charge in [-0.25, -0.2) is 18.7 Å². The molecule has 148 valence electrons. The number of rotatable bonds is 4. The zero-order valence-corrected chi connectivity index (χ0v) is 15.2. The first kappa shape index (κ1) is 17.9. The largest absolute Gasteiger partial charge is 0.356 e. The Morgan fingerprint density at radius 2 is 1.97 bits per heavy atom. The van der Waals surface area contributed by atoms with Crippen molar-refractivity contribution in [3.8, 4) is 0 Å². The van der Waals surface area contributed by atoms with Crippen LogP contribution in [0.5, 0.6) is 0 Å². The average molecular weight is 406 g/mol. The Labute approximate surface area is 166 Å². The van der Waals surface area contributed by atoms with Crippen molar-refractivity contribution >= 4 is 27.9 Å². The Balaban J connectivity index is 1.55. The Hall–Kier alpha value is -4.21. The number of carbonyl (C=O) groups is 1. The zero-order valence-electron chi connectivity index (χ0n) is 15.2. The Morgan fingerprint density at radius 1 is 1.17 bits per heavy atom. The molecule has 0 amide bonds. The number of aromatic nitrogens is 6. The van der Waals surface area contributed by atoms with Crippen LogP contribution in [0.1, 0.15) is 21.7 Å². The second kappa shape index (κ2) is 6.69. The summed E-state index contributed by atoms with van der Waals surface area (Å²) in [5.74, 6) is -2.48. The van der Waals surface area contributed by atoms with E-state index in [4.69, 9.17) is 0 Å². The van der Waals surface area contributed by atoms with Crippen LogP contribution < -0.4 is 5.56 Å². The van der Waals surface area contributed by atoms with E-state index >= 15 is 0 Å². The molecule has 0 bridgehead atoms. The minimum absolute atomic E-state index is 0.00816. The van der Waals surface area contributed by atoms with Crippen molar-refractivity contribution in [1.82, 2.24) is 29.5 Å². The Kier molecular flexibility index (Phi) is 3.98. The second-order valence-electron chi connectivity index (χ2n) is 6.61. The standard InChI is InChI=1S/C20H12F2N6O2/c21-12-7-23-8-13(22)16(12)18(29)11-6-25-17-10(11)3-5-28(20(17)30)9-15-26-14-2-1-4-24-19(14)27-15/h1-8,25H,9H2,(H,24,26,27). The molecular formula is C20H12F2N6O2. The van der Waals surface area contributed by atoms with E-state index in [-0.39, 0.29) is 23.0 Å². The number of H-pyrrole nitrogens is 2. The van der Waals surface area contributed by atoms with Gasteiger partial charge in [0, 0.05) is 29.5 Å². The van der Waals surface area contributed by atoms with Gasteiger partial charge in [0.25, 0.3) is 5.56 Å². The normalized spacial score (nSPS) is 11.4. The first-order valence-corrected chi connectivity index (χ1v) is 8.87. The van der Waals surface area contributed by atoms with E-state index in [0.29, 0.717) is 11.5 Å². The lowest BCUT2D eigenvalue weighted by molar-refractivity contribution is 0.103. The molecule has 30 heavy (non-hydrogen) atoms. The van der Waals surface area contributed by atoms with Crippen molar-refractivity contribution < 1.29 is 13.6 Å². The van der Waals surface area contributed by atoms with Gasteiger partial charge in [0.1, 0.15) is 11.3 Å². The molecule has 0 aromatic carbocycles. The molecule has 10 heteroatoms. The maximum absolute atomic E-state index is 14.0. The molecule has 2 N–H and O–H groups in total. The molecule has 0 radical (unpaired) electrons. The lowest BCUT2D eigenvalue weighted by Gasteiger charge is -2.05. The van der Waals surface area contributed by atoms with Gasteiger partial charge in [-0.15, -0.1) is 0 Å². The zero-order chi connectivity index (χ0) is 20.8. The average Bonchev–Trinajstić information content (AvgIpc) is 3.34. The summed E-state index contributed by atoms with van der Waals surface area (Å²) in [4.78, 5) is 43.2. The molecule has 5 rings (SSSR count). The molecule has 0 aliphatic carbocycles. The van der Waals surface area contributed by atoms with Crippen LogP contribution in [0.4, 0.5) is 8.78 Å². The van der Waals surface area contributed by atoms with E-state index in [1.807, 2.05) is 6.07 Å². The number of carbonyl (C=O) groups excluding carboxylic acids is 1. The summed E-state index contributed by atoms with van der Waals surface area (Å²) in [7, 11) is 0. The predicted octanol–water partition coefficient (Wildman–Crippen LogP) is 2.55. The predicted molar refractivity (Wildman–Crippen MR) is 103 cm³/mol. The number of nitrogens with zero attached hydrogens (tertiary/aromatic N) is 4. The van der Waals surface area contributed by atoms with Gasteiger partial charge < -0.3 is 14.5 Å². The topological polar surface area (TPSA) is 109 Å². The van der Waals surface area contributed by atoms with Crippen LogP contribution in [-0.2, 0) is 6.54 Å². The van der Waals surface area contributed by atoms with Crippen LogP contribution in [0, 0.1) is 11.6 Å². The summed E-state index contributed by atoms with van der Waals surface area (Å²) in [6.45, 7) is 0.154. The molecule has 0 fully saturated rings. The highest BCUT2D eigenvalue weighted by Gasteiger charge is 2.23. The Bertz CT molecular complexity index is 1450. The van der Waals surface area contributed by atoms with Crippen LogP contribution >= 0.6 is 0 Å². The summed E-state index contributed by atoms with van der Waals surface area (Å²) in [6.07, 6.45) is 5.91. The van der Waals surface area contributed by atoms with E-state index in [9.17, 15) is 18.4 Å². The third kappa shape index (κ3) is 2.77. The first-order chi connectivity index (χ1) is 14.5. The molecule has 0 unspecified atom stereocenters. The van der Waals surface area contributed by atoms with E-state index in [2.05, 4.69) is 24.9 Å². The number of ketones is 1. The lowest BCUT2D eigenvalue weighted by atomic mass is 10.0. The molecule has 0 spiro atoms. The molecule has 0 aliphatic rings. The number of halogens is 2. The minimum Gasteiger partial charge on any atom is -0.356 e. The Morgan fingerprint density at radius 3 is 2.73 bits per heavy atom. The maximum atomic E-state index is 14.0. The van der Waals surface area contributed by atoms with Crippen molar-refractivity contribution in [3.05, 3.63) is 88.1 Å². The van der Waals surface area contributed by atoms with Crippen LogP contribution in [0.25, 0.3) is 22.1 Å². The molecule has 0 aliphatic heterocycles. The monoisotopic (exact) mass is 406 g/mol. The van der Waals surface area contributed by atoms with E-state index in [1.165, 1.54) is 17.0 Å². The molecular weight excluding hydrogens is 394 g/mol. The van der Waals surface area contributed by atoms with Crippen molar-refractivity contribution in [1.29, 1.82) is 0 Å². The van der Waals surface area contributed by atoms with E-state index < -0.39 is 28.5 Å². The van der Waals surface area contributed by atoms with Crippen LogP contribution in [0.3, 0.4) is 0 Å². The minimum atomic E-state index is -1.07. The van der Waals surface area contributed by atoms with Gasteiger partial charge in [-0.3, -0.25) is 14.6 Å². The molecule has 0 atom stereocenters. The third-order valence-electron chi connectivity index (χ3n) is 4.77. The highest BCUT2D eigenvalue weighted by molar-refractivity contribution is 6.16. The highest BCUT2D eigenvalue weighted by atomic mass is 19.1. The quantitative estimate of drug-likeness (QED) is 0.446. The van der Waals surface area contributed by atoms with Gasteiger partial charge in [0.15, 0.2) is 17.3 Å². The lowest BCUT2D eigenvalue weighted by Crippen LogP contribution is -2.20. The number of imidazole rings is 1. The number of hydrogen-bond acceptors (Lipinski definition) is 5. The summed E-state index contributed by atoms with van der Waals surface area (Å²) in [5, 5.41) is 0.267. The molecule has 5 aromatic heterocycles. The number of fused-ring (bicyclic) bond motifs is 2. The molecule has 8 nitrogen and oxygen atoms in total. The van der Waals surface area contributed by atoms with Gasteiger partial charge in [-0.2, -0.15) is 0 Å². The molecule has 5 heterocycles. The van der Waals surface area contributed by atoms with E-state index in [0.717, 1.165) is 17.9 Å². The van der Waals surface area contributed by atoms with Crippen molar-refractivity contribution in [3.63, 3.8) is 0 Å². The van der Waals surface area contributed by atoms with Crippen LogP contribution in [0.2, 0.25) is 0 Å². The highest BCUT2D eigenvalue weighted by Crippen LogP contribution is 2.22. The smallest absolute Gasteiger partial charge is 0.275 e. The number of hydrogen-bond donors (Lipinski definition) is 2. The number of nitrogens with one attached hydrogen (secondary N) is 2. The number of aromatic amines is 2. The third-order valence-corrected chi connectivity index (χ3v) is 4.77. The fourth-order valence-corrected chi connectivity index (χ4v) is 3.37. The van der Waals surface area contributed by atoms with Crippen molar-refractivity contribution in [2.24, 2.45) is 0 Å².